The SMILES string of the molecule is c1cc(-c2ccc3c4ccccc4c4ccc(-c5cccc(-c6cccc7c6sc6ccccc67)c5)cc4c3c2)cc(-c2ccc3c4ccccc4n(-c4cccc(-c5ccc6c7ccccc7c7ccccc7c6c5)c4)c3c2)c1. The Morgan fingerprint density at radius 2 is 0.562 bits per heavy atom. The lowest BCUT2D eigenvalue weighted by Crippen LogP contribution is -1.94. The highest BCUT2D eigenvalue weighted by molar-refractivity contribution is 7.26. The summed E-state index contributed by atoms with van der Waals surface area (Å²) in [6.45, 7) is 0. The minimum atomic E-state index is 1.14. The van der Waals surface area contributed by atoms with Crippen LogP contribution in [0.3, 0.4) is 0 Å². The maximum absolute atomic E-state index is 2.46. The molecule has 0 radical (unpaired) electrons. The van der Waals surface area contributed by atoms with Crippen molar-refractivity contribution >= 4 is 118 Å². The summed E-state index contributed by atoms with van der Waals surface area (Å²) >= 11 is 1.89. The van der Waals surface area contributed by atoms with Crippen LogP contribution in [0.2, 0.25) is 0 Å². The van der Waals surface area contributed by atoms with E-state index in [4.69, 9.17) is 0 Å². The fourth-order valence-electron chi connectivity index (χ4n) is 13.4. The van der Waals surface area contributed by atoms with Crippen LogP contribution in [0.5, 0.6) is 0 Å². The highest BCUT2D eigenvalue weighted by atomic mass is 32.1. The number of para-hydroxylation sites is 1. The summed E-state index contributed by atoms with van der Waals surface area (Å²) in [5.74, 6) is 0. The summed E-state index contributed by atoms with van der Waals surface area (Å²) in [6, 6.07) is 106. The molecule has 17 aromatic rings. The molecule has 0 saturated heterocycles. The number of nitrogens with zero attached hydrogens (tertiary/aromatic N) is 1. The Morgan fingerprint density at radius 3 is 1.14 bits per heavy atom. The predicted octanol–water partition coefficient (Wildman–Crippen LogP) is 22.4. The lowest BCUT2D eigenvalue weighted by atomic mass is 9.89. The highest BCUT2D eigenvalue weighted by Gasteiger charge is 2.18. The Balaban J connectivity index is 0.765. The van der Waals surface area contributed by atoms with E-state index in [1.165, 1.54) is 162 Å². The Labute approximate surface area is 466 Å². The molecular formula is C78H47NS. The smallest absolute Gasteiger partial charge is 0.0547 e. The van der Waals surface area contributed by atoms with E-state index in [1.54, 1.807) is 0 Å². The average molecular weight is 1030 g/mol. The first-order chi connectivity index (χ1) is 39.6. The zero-order valence-electron chi connectivity index (χ0n) is 43.5. The Hall–Kier alpha value is -10.1. The van der Waals surface area contributed by atoms with Crippen molar-refractivity contribution in [3.63, 3.8) is 0 Å². The van der Waals surface area contributed by atoms with Crippen molar-refractivity contribution in [2.24, 2.45) is 0 Å². The van der Waals surface area contributed by atoms with Gasteiger partial charge >= 0.3 is 0 Å². The quantitative estimate of drug-likeness (QED) is 0.146. The molecule has 15 aromatic carbocycles. The third-order valence-electron chi connectivity index (χ3n) is 17.1. The van der Waals surface area contributed by atoms with Gasteiger partial charge in [0.1, 0.15) is 0 Å². The fourth-order valence-corrected chi connectivity index (χ4v) is 14.6. The summed E-state index contributed by atoms with van der Waals surface area (Å²) in [5, 5.41) is 20.4. The van der Waals surface area contributed by atoms with Crippen LogP contribution < -0.4 is 0 Å². The standard InChI is InChI=1S/C78H47NS/c1-2-23-61-59(21-1)60-22-5-6-26-64(60)72-44-54(35-37-65(61)72)51-18-13-20-57(43-51)79-75-31-9-7-27-68(75)69-40-36-55(47-76(69)79)49-16-11-15-48(41-49)52-33-38-66-62-24-3-4-25-63(62)67-39-34-53(46-74(67)73(66)45-52)50-17-12-19-56(42-50)58-29-14-30-71-70-28-8-10-32-77(70)80-78(58)71/h1-47H. The Morgan fingerprint density at radius 1 is 0.200 bits per heavy atom. The first-order valence-corrected chi connectivity index (χ1v) is 28.4. The zero-order chi connectivity index (χ0) is 52.4. The van der Waals surface area contributed by atoms with Crippen molar-refractivity contribution in [2.75, 3.05) is 0 Å². The van der Waals surface area contributed by atoms with Crippen molar-refractivity contribution in [3.8, 4) is 61.3 Å². The molecule has 0 aliphatic carbocycles. The van der Waals surface area contributed by atoms with Crippen molar-refractivity contribution in [1.29, 1.82) is 0 Å². The topological polar surface area (TPSA) is 4.93 Å². The van der Waals surface area contributed by atoms with Crippen LogP contribution in [-0.2, 0) is 0 Å². The van der Waals surface area contributed by atoms with Crippen LogP contribution in [-0.4, -0.2) is 4.57 Å². The molecule has 0 bridgehead atoms. The molecule has 0 fully saturated rings. The molecule has 0 unspecified atom stereocenters. The van der Waals surface area contributed by atoms with E-state index in [0.717, 1.165) is 5.69 Å². The monoisotopic (exact) mass is 1030 g/mol. The number of thiophene rings is 1. The van der Waals surface area contributed by atoms with Crippen molar-refractivity contribution in [1.82, 2.24) is 4.57 Å². The second-order valence-electron chi connectivity index (χ2n) is 21.5. The first-order valence-electron chi connectivity index (χ1n) is 27.6. The molecule has 370 valence electrons. The largest absolute Gasteiger partial charge is 0.309 e. The fraction of sp³-hybridized carbons (Fsp3) is 0. The van der Waals surface area contributed by atoms with E-state index >= 15 is 0 Å². The zero-order valence-corrected chi connectivity index (χ0v) is 44.3. The third-order valence-corrected chi connectivity index (χ3v) is 18.4. The molecule has 2 heterocycles. The van der Waals surface area contributed by atoms with Crippen LogP contribution in [0.1, 0.15) is 0 Å². The van der Waals surface area contributed by atoms with Gasteiger partial charge in [-0.2, -0.15) is 0 Å². The summed E-state index contributed by atoms with van der Waals surface area (Å²) in [7, 11) is 0. The van der Waals surface area contributed by atoms with Gasteiger partial charge in [0, 0.05) is 36.6 Å². The predicted molar refractivity (Wildman–Crippen MR) is 346 cm³/mol. The number of fused-ring (bicyclic) bond motifs is 18. The van der Waals surface area contributed by atoms with Crippen molar-refractivity contribution in [3.05, 3.63) is 285 Å². The van der Waals surface area contributed by atoms with Crippen LogP contribution in [0.15, 0.2) is 285 Å². The normalized spacial score (nSPS) is 12.0. The lowest BCUT2D eigenvalue weighted by Gasteiger charge is -2.15. The molecule has 2 aromatic heterocycles. The highest BCUT2D eigenvalue weighted by Crippen LogP contribution is 2.44. The molecule has 0 spiro atoms. The van der Waals surface area contributed by atoms with E-state index < -0.39 is 0 Å². The molecule has 1 nitrogen and oxygen atoms in total. The number of aromatic nitrogens is 1. The molecule has 0 aliphatic rings. The second kappa shape index (κ2) is 17.7. The summed E-state index contributed by atoms with van der Waals surface area (Å²) in [6.07, 6.45) is 0. The summed E-state index contributed by atoms with van der Waals surface area (Å²) < 4.78 is 5.12. The first kappa shape index (κ1) is 45.0. The van der Waals surface area contributed by atoms with Crippen LogP contribution in [0.4, 0.5) is 0 Å². The van der Waals surface area contributed by atoms with Gasteiger partial charge in [0.2, 0.25) is 0 Å². The van der Waals surface area contributed by atoms with Crippen molar-refractivity contribution in [2.45, 2.75) is 0 Å². The number of rotatable bonds is 6. The van der Waals surface area contributed by atoms with E-state index in [9.17, 15) is 0 Å². The van der Waals surface area contributed by atoms with Gasteiger partial charge in [-0.25, -0.2) is 0 Å². The van der Waals surface area contributed by atoms with E-state index in [1.807, 2.05) is 11.3 Å². The summed E-state index contributed by atoms with van der Waals surface area (Å²) in [5.41, 5.74) is 15.6. The Bertz CT molecular complexity index is 5400. The molecule has 0 saturated carbocycles. The minimum absolute atomic E-state index is 1.14. The number of benzene rings is 15. The van der Waals surface area contributed by atoms with Gasteiger partial charge in [0.05, 0.1) is 11.0 Å². The van der Waals surface area contributed by atoms with Crippen molar-refractivity contribution < 1.29 is 0 Å². The Kier molecular flexibility index (Phi) is 9.95. The minimum Gasteiger partial charge on any atom is -0.309 e. The average Bonchev–Trinajstić information content (AvgIpc) is 4.22. The van der Waals surface area contributed by atoms with Gasteiger partial charge < -0.3 is 4.57 Å². The lowest BCUT2D eigenvalue weighted by molar-refractivity contribution is 1.18. The number of hydrogen-bond donors (Lipinski definition) is 0. The van der Waals surface area contributed by atoms with Gasteiger partial charge in [-0.15, -0.1) is 11.3 Å². The molecule has 0 aliphatic heterocycles. The third kappa shape index (κ3) is 6.96. The van der Waals surface area contributed by atoms with Gasteiger partial charge in [0.25, 0.3) is 0 Å². The molecule has 0 N–H and O–H groups in total. The maximum Gasteiger partial charge on any atom is 0.0547 e. The molecule has 17 rings (SSSR count). The number of hydrogen-bond acceptors (Lipinski definition) is 1. The molecule has 2 heteroatoms. The van der Waals surface area contributed by atoms with E-state index in [2.05, 4.69) is 290 Å². The van der Waals surface area contributed by atoms with Gasteiger partial charge in [-0.05, 0) is 181 Å². The molecule has 0 amide bonds. The van der Waals surface area contributed by atoms with E-state index in [0.29, 0.717) is 0 Å². The molecule has 80 heavy (non-hydrogen) atoms. The molecular weight excluding hydrogens is 983 g/mol. The second-order valence-corrected chi connectivity index (χ2v) is 22.5. The van der Waals surface area contributed by atoms with Gasteiger partial charge in [-0.1, -0.05) is 224 Å². The molecule has 0 atom stereocenters. The van der Waals surface area contributed by atoms with Crippen LogP contribution in [0.25, 0.3) is 168 Å². The van der Waals surface area contributed by atoms with Gasteiger partial charge in [-0.3, -0.25) is 0 Å². The van der Waals surface area contributed by atoms with Gasteiger partial charge in [0.15, 0.2) is 0 Å². The maximum atomic E-state index is 2.46. The van der Waals surface area contributed by atoms with Crippen LogP contribution in [0, 0.1) is 0 Å². The van der Waals surface area contributed by atoms with E-state index in [-0.39, 0.29) is 0 Å². The van der Waals surface area contributed by atoms with Crippen LogP contribution >= 0.6 is 11.3 Å². The summed E-state index contributed by atoms with van der Waals surface area (Å²) in [4.78, 5) is 0.